The third-order valence-corrected chi connectivity index (χ3v) is 13.0. The van der Waals surface area contributed by atoms with Gasteiger partial charge in [-0.3, -0.25) is 29.4 Å². The van der Waals surface area contributed by atoms with Crippen LogP contribution in [0.2, 0.25) is 0 Å². The lowest BCUT2D eigenvalue weighted by atomic mass is 9.80. The molecule has 3 fully saturated rings. The molecular formula is C52H66N10O10. The highest BCUT2D eigenvalue weighted by Gasteiger charge is 2.45. The van der Waals surface area contributed by atoms with E-state index in [2.05, 4.69) is 31.6 Å². The van der Waals surface area contributed by atoms with Gasteiger partial charge < -0.3 is 33.6 Å². The first-order valence-corrected chi connectivity index (χ1v) is 24.8. The zero-order valence-corrected chi connectivity index (χ0v) is 42.5. The van der Waals surface area contributed by atoms with Crippen LogP contribution >= 0.6 is 0 Å². The molecule has 2 aromatic heterocycles. The lowest BCUT2D eigenvalue weighted by Crippen LogP contribution is -2.58. The summed E-state index contributed by atoms with van der Waals surface area (Å²) >= 11 is 0. The first-order chi connectivity index (χ1) is 34.2. The summed E-state index contributed by atoms with van der Waals surface area (Å²) in [5, 5.41) is 16.1. The number of piperidine rings is 1. The molecule has 20 nitrogen and oxygen atoms in total. The summed E-state index contributed by atoms with van der Waals surface area (Å²) in [7, 11) is 3.89. The fourth-order valence-electron chi connectivity index (χ4n) is 9.76. The van der Waals surface area contributed by atoms with Gasteiger partial charge >= 0.3 is 18.2 Å². The number of carbonyl (C=O) groups is 6. The Labute approximate surface area is 419 Å². The molecule has 1 aliphatic carbocycles. The van der Waals surface area contributed by atoms with E-state index in [1.807, 2.05) is 36.0 Å². The summed E-state index contributed by atoms with van der Waals surface area (Å²) in [4.78, 5) is 88.1. The molecule has 20 heteroatoms. The van der Waals surface area contributed by atoms with Crippen LogP contribution in [-0.4, -0.2) is 147 Å². The van der Waals surface area contributed by atoms with Crippen LogP contribution in [0.4, 0.5) is 26.8 Å². The molecule has 72 heavy (non-hydrogen) atoms. The summed E-state index contributed by atoms with van der Waals surface area (Å²) in [6, 6.07) is 14.2. The van der Waals surface area contributed by atoms with Gasteiger partial charge in [0.1, 0.15) is 41.0 Å². The van der Waals surface area contributed by atoms with Gasteiger partial charge in [-0.15, -0.1) is 10.2 Å². The molecule has 0 bridgehead atoms. The van der Waals surface area contributed by atoms with E-state index in [0.717, 1.165) is 49.2 Å². The molecule has 8 rings (SSSR count). The Hall–Kier alpha value is -6.93. The van der Waals surface area contributed by atoms with Gasteiger partial charge in [0.25, 0.3) is 5.91 Å². The largest absolute Gasteiger partial charge is 0.489 e. The molecule has 1 N–H and O–H groups in total. The number of nitrogens with zero attached hydrogens (tertiary/aromatic N) is 9. The molecule has 0 spiro atoms. The quantitative estimate of drug-likeness (QED) is 0.0864. The average molecular weight is 991 g/mol. The SMILES string of the molecule is CN(C)CCCC(=O)Oc1ccccc1-c1cc(-n2cc(N3CCN(C4CCC(c5cccc6c5OCCN6[C@H]5CCC(=O)N(C(=O)OC(C)(C)C)C5=O)CC4)CC3=O)cn2)c(NC(=O)OC(C)(C)C)nn1. The van der Waals surface area contributed by atoms with Gasteiger partial charge in [0.05, 0.1) is 42.6 Å². The Morgan fingerprint density at radius 1 is 0.847 bits per heavy atom. The molecule has 2 aromatic carbocycles. The van der Waals surface area contributed by atoms with Gasteiger partial charge in [0.15, 0.2) is 5.82 Å². The Kier molecular flexibility index (Phi) is 15.3. The van der Waals surface area contributed by atoms with Gasteiger partial charge in [-0.05, 0) is 136 Å². The number of carbonyl (C=O) groups excluding carboxylic acids is 6. The van der Waals surface area contributed by atoms with Gasteiger partial charge in [0, 0.05) is 37.5 Å². The van der Waals surface area contributed by atoms with Crippen LogP contribution in [-0.2, 0) is 28.7 Å². The minimum absolute atomic E-state index is 0.0442. The monoisotopic (exact) mass is 990 g/mol. The van der Waals surface area contributed by atoms with Crippen LogP contribution in [0.5, 0.6) is 11.5 Å². The minimum atomic E-state index is -0.953. The van der Waals surface area contributed by atoms with Crippen molar-refractivity contribution in [1.82, 2.24) is 34.7 Å². The second kappa shape index (κ2) is 21.4. The maximum absolute atomic E-state index is 14.0. The van der Waals surface area contributed by atoms with Crippen molar-refractivity contribution in [3.05, 3.63) is 66.5 Å². The van der Waals surface area contributed by atoms with E-state index >= 15 is 0 Å². The summed E-state index contributed by atoms with van der Waals surface area (Å²) in [6.07, 6.45) is 6.32. The summed E-state index contributed by atoms with van der Waals surface area (Å²) in [5.74, 6) is -0.298. The summed E-state index contributed by atoms with van der Waals surface area (Å²) in [6.45, 7) is 13.2. The van der Waals surface area contributed by atoms with Gasteiger partial charge in [0.2, 0.25) is 11.8 Å². The van der Waals surface area contributed by atoms with Crippen molar-refractivity contribution in [1.29, 1.82) is 0 Å². The molecule has 1 atom stereocenters. The number of benzene rings is 2. The van der Waals surface area contributed by atoms with E-state index < -0.39 is 41.2 Å². The van der Waals surface area contributed by atoms with Gasteiger partial charge in [-0.25, -0.2) is 14.3 Å². The van der Waals surface area contributed by atoms with E-state index in [9.17, 15) is 28.8 Å². The van der Waals surface area contributed by atoms with Crippen LogP contribution in [0.15, 0.2) is 60.9 Å². The van der Waals surface area contributed by atoms with Crippen molar-refractivity contribution in [3.63, 3.8) is 0 Å². The Morgan fingerprint density at radius 3 is 2.32 bits per heavy atom. The summed E-state index contributed by atoms with van der Waals surface area (Å²) < 4.78 is 24.6. The molecule has 4 aliphatic rings. The smallest absolute Gasteiger partial charge is 0.424 e. The highest BCUT2D eigenvalue weighted by Crippen LogP contribution is 2.45. The van der Waals surface area contributed by atoms with Crippen LogP contribution in [0, 0.1) is 0 Å². The fraction of sp³-hybridized carbons (Fsp3) is 0.519. The number of nitrogens with one attached hydrogen (secondary N) is 1. The van der Waals surface area contributed by atoms with Crippen molar-refractivity contribution < 1.29 is 47.7 Å². The van der Waals surface area contributed by atoms with Crippen LogP contribution in [0.3, 0.4) is 0 Å². The Bertz CT molecular complexity index is 2680. The number of piperazine rings is 1. The third kappa shape index (κ3) is 12.0. The number of ether oxygens (including phenoxy) is 4. The third-order valence-electron chi connectivity index (χ3n) is 13.0. The maximum atomic E-state index is 14.0. The molecule has 4 aromatic rings. The van der Waals surface area contributed by atoms with Gasteiger partial charge in [-0.2, -0.15) is 10.00 Å². The molecular weight excluding hydrogens is 925 g/mol. The number of hydrogen-bond acceptors (Lipinski definition) is 16. The van der Waals surface area contributed by atoms with Crippen molar-refractivity contribution in [3.8, 4) is 28.4 Å². The highest BCUT2D eigenvalue weighted by molar-refractivity contribution is 6.13. The molecule has 3 aliphatic heterocycles. The predicted molar refractivity (Wildman–Crippen MR) is 267 cm³/mol. The number of amides is 5. The molecule has 5 amide bonds. The lowest BCUT2D eigenvalue weighted by molar-refractivity contribution is -0.147. The molecule has 0 radical (unpaired) electrons. The number of likely N-dealkylation sites (tertiary alicyclic amines) is 1. The normalized spacial score (nSPS) is 20.0. The number of hydrogen-bond donors (Lipinski definition) is 1. The lowest BCUT2D eigenvalue weighted by Gasteiger charge is -2.43. The number of esters is 1. The number of fused-ring (bicyclic) bond motifs is 1. The van der Waals surface area contributed by atoms with Crippen molar-refractivity contribution in [2.75, 3.05) is 68.5 Å². The second-order valence-corrected chi connectivity index (χ2v) is 21.0. The minimum Gasteiger partial charge on any atom is -0.489 e. The standard InChI is InChI=1S/C52H66N10O10/c1-51(2,3)71-49(67)54-47-41(29-38(55-56-47)37-13-9-10-16-42(37)70-45(65)17-12-24-57(7)8)61-31-35(30-53-61)59-26-25-58(32-44(59)64)34-20-18-33(19-21-34)36-14-11-15-39-46(36)69-28-27-60(39)40-22-23-43(63)62(48(40)66)50(68)72-52(4,5)6/h9-11,13-16,29-31,33-34,40H,12,17-28,32H2,1-8H3,(H,54,56,67)/t33?,34?,40-/m0/s1. The number of aromatic nitrogens is 4. The van der Waals surface area contributed by atoms with E-state index in [1.165, 1.54) is 4.68 Å². The molecule has 384 valence electrons. The molecule has 2 saturated heterocycles. The van der Waals surface area contributed by atoms with Crippen molar-refractivity contribution in [2.45, 2.75) is 122 Å². The average Bonchev–Trinajstić information content (AvgIpc) is 3.80. The van der Waals surface area contributed by atoms with E-state index in [-0.39, 0.29) is 55.5 Å². The van der Waals surface area contributed by atoms with Crippen LogP contribution in [0.1, 0.15) is 104 Å². The first-order valence-electron chi connectivity index (χ1n) is 24.8. The number of imide groups is 3. The molecule has 0 unspecified atom stereocenters. The Morgan fingerprint density at radius 2 is 1.60 bits per heavy atom. The number of para-hydroxylation sites is 2. The highest BCUT2D eigenvalue weighted by atomic mass is 16.6. The number of rotatable bonds is 12. The molecule has 5 heterocycles. The van der Waals surface area contributed by atoms with Crippen molar-refractivity contribution >= 4 is 53.1 Å². The zero-order chi connectivity index (χ0) is 51.5. The first kappa shape index (κ1) is 51.4. The zero-order valence-electron chi connectivity index (χ0n) is 42.5. The Balaban J connectivity index is 0.931. The fourth-order valence-corrected chi connectivity index (χ4v) is 9.76. The number of anilines is 3. The van der Waals surface area contributed by atoms with E-state index in [4.69, 9.17) is 18.9 Å². The molecule has 1 saturated carbocycles. The van der Waals surface area contributed by atoms with Gasteiger partial charge in [-0.1, -0.05) is 24.3 Å². The maximum Gasteiger partial charge on any atom is 0.424 e. The topological polar surface area (TPSA) is 211 Å². The van der Waals surface area contributed by atoms with Crippen LogP contribution < -0.4 is 24.6 Å². The van der Waals surface area contributed by atoms with Crippen molar-refractivity contribution in [2.24, 2.45) is 0 Å². The predicted octanol–water partition coefficient (Wildman–Crippen LogP) is 6.95. The van der Waals surface area contributed by atoms with Crippen LogP contribution in [0.25, 0.3) is 16.9 Å². The van der Waals surface area contributed by atoms with E-state index in [1.54, 1.807) is 89.2 Å². The second-order valence-electron chi connectivity index (χ2n) is 21.0. The van der Waals surface area contributed by atoms with E-state index in [0.29, 0.717) is 65.9 Å². The summed E-state index contributed by atoms with van der Waals surface area (Å²) in [5.41, 5.74) is 1.96.